The molecule has 0 aromatic rings. The molecular weight excluding hydrogens is 118 g/mol. The van der Waals surface area contributed by atoms with Crippen molar-refractivity contribution in [2.45, 2.75) is 13.8 Å². The Balaban J connectivity index is 3.36. The summed E-state index contributed by atoms with van der Waals surface area (Å²) in [6, 6.07) is 0. The summed E-state index contributed by atoms with van der Waals surface area (Å²) in [6.45, 7) is 6.37. The largest absolute Gasteiger partial charge is 0.378 e. The fourth-order valence-corrected chi connectivity index (χ4v) is 0.717. The van der Waals surface area contributed by atoms with Gasteiger partial charge < -0.3 is 4.90 Å². The molecule has 1 nitrogen and oxygen atoms in total. The van der Waals surface area contributed by atoms with Gasteiger partial charge in [0.25, 0.3) is 0 Å². The van der Waals surface area contributed by atoms with E-state index >= 15 is 0 Å². The summed E-state index contributed by atoms with van der Waals surface area (Å²) in [5.41, 5.74) is 0. The minimum absolute atomic E-state index is 1.06. The van der Waals surface area contributed by atoms with Crippen LogP contribution in [-0.2, 0) is 0 Å². The Morgan fingerprint density at radius 2 is 1.88 bits per heavy atom. The normalized spacial score (nSPS) is 10.4. The summed E-state index contributed by atoms with van der Waals surface area (Å²) in [6.07, 6.45) is 1.98. The van der Waals surface area contributed by atoms with Crippen LogP contribution in [0.4, 0.5) is 0 Å². The molecule has 0 radical (unpaired) electrons. The van der Waals surface area contributed by atoms with E-state index in [9.17, 15) is 0 Å². The zero-order valence-electron chi connectivity index (χ0n) is 5.46. The maximum atomic E-state index is 3.95. The molecule has 0 aliphatic rings. The summed E-state index contributed by atoms with van der Waals surface area (Å²) in [5.74, 6) is 0. The lowest BCUT2D eigenvalue weighted by Gasteiger charge is -2.13. The lowest BCUT2D eigenvalue weighted by atomic mass is 10.5. The van der Waals surface area contributed by atoms with E-state index in [1.54, 1.807) is 5.41 Å². The van der Waals surface area contributed by atoms with Gasteiger partial charge in [0.15, 0.2) is 0 Å². The van der Waals surface area contributed by atoms with Crippen molar-refractivity contribution < 1.29 is 0 Å². The van der Waals surface area contributed by atoms with Gasteiger partial charge in [-0.15, -0.1) is 12.6 Å². The van der Waals surface area contributed by atoms with Crippen molar-refractivity contribution in [3.8, 4) is 0 Å². The average Bonchev–Trinajstić information content (AvgIpc) is 1.83. The molecule has 0 rings (SSSR count). The highest BCUT2D eigenvalue weighted by molar-refractivity contribution is 7.83. The number of nitrogens with zero attached hydrogens (tertiary/aromatic N) is 1. The first kappa shape index (κ1) is 7.89. The van der Waals surface area contributed by atoms with Gasteiger partial charge in [0.05, 0.1) is 0 Å². The van der Waals surface area contributed by atoms with Crippen LogP contribution in [0.2, 0.25) is 0 Å². The molecule has 0 aromatic carbocycles. The molecule has 0 unspecified atom stereocenters. The van der Waals surface area contributed by atoms with Crippen molar-refractivity contribution in [3.63, 3.8) is 0 Å². The fourth-order valence-electron chi connectivity index (χ4n) is 0.529. The van der Waals surface area contributed by atoms with E-state index in [2.05, 4.69) is 31.4 Å². The van der Waals surface area contributed by atoms with Gasteiger partial charge in [0.1, 0.15) is 0 Å². The Kier molecular flexibility index (Phi) is 4.97. The zero-order valence-corrected chi connectivity index (χ0v) is 6.36. The van der Waals surface area contributed by atoms with E-state index in [-0.39, 0.29) is 0 Å². The van der Waals surface area contributed by atoms with Gasteiger partial charge in [-0.1, -0.05) is 0 Å². The third-order valence-corrected chi connectivity index (χ3v) is 1.22. The Morgan fingerprint density at radius 1 is 1.38 bits per heavy atom. The molecular formula is C6H13NS. The summed E-state index contributed by atoms with van der Waals surface area (Å²) < 4.78 is 0. The molecule has 0 N–H and O–H groups in total. The van der Waals surface area contributed by atoms with Crippen LogP contribution >= 0.6 is 12.6 Å². The van der Waals surface area contributed by atoms with Crippen LogP contribution in [0.3, 0.4) is 0 Å². The number of thiol groups is 1. The molecule has 0 spiro atoms. The van der Waals surface area contributed by atoms with Crippen molar-refractivity contribution in [3.05, 3.63) is 11.6 Å². The van der Waals surface area contributed by atoms with Crippen molar-refractivity contribution in [1.82, 2.24) is 4.90 Å². The summed E-state index contributed by atoms with van der Waals surface area (Å²) >= 11 is 3.95. The van der Waals surface area contributed by atoms with Crippen LogP contribution < -0.4 is 0 Å². The maximum absolute atomic E-state index is 3.95. The summed E-state index contributed by atoms with van der Waals surface area (Å²) in [4.78, 5) is 2.17. The molecule has 0 aliphatic carbocycles. The maximum Gasteiger partial charge on any atom is 0.0144 e. The molecule has 0 bridgehead atoms. The van der Waals surface area contributed by atoms with Gasteiger partial charge in [-0.3, -0.25) is 0 Å². The highest BCUT2D eigenvalue weighted by atomic mass is 32.1. The van der Waals surface area contributed by atoms with Crippen LogP contribution in [0.25, 0.3) is 0 Å². The molecule has 0 aromatic heterocycles. The zero-order chi connectivity index (χ0) is 6.41. The van der Waals surface area contributed by atoms with E-state index in [1.807, 2.05) is 6.20 Å². The Morgan fingerprint density at radius 3 is 2.00 bits per heavy atom. The highest BCUT2D eigenvalue weighted by Crippen LogP contribution is 1.88. The Bertz CT molecular complexity index is 66.9. The van der Waals surface area contributed by atoms with E-state index in [0.29, 0.717) is 0 Å². The van der Waals surface area contributed by atoms with E-state index < -0.39 is 0 Å². The Labute approximate surface area is 56.8 Å². The van der Waals surface area contributed by atoms with E-state index in [1.165, 1.54) is 0 Å². The molecule has 0 atom stereocenters. The first-order chi connectivity index (χ1) is 3.85. The molecule has 0 fully saturated rings. The second kappa shape index (κ2) is 5.04. The quantitative estimate of drug-likeness (QED) is 0.571. The predicted octanol–water partition coefficient (Wildman–Crippen LogP) is 1.73. The molecule has 0 heterocycles. The molecule has 0 amide bonds. The van der Waals surface area contributed by atoms with Gasteiger partial charge in [-0.25, -0.2) is 0 Å². The first-order valence-electron chi connectivity index (χ1n) is 2.90. The van der Waals surface area contributed by atoms with E-state index in [0.717, 1.165) is 13.1 Å². The number of rotatable bonds is 3. The minimum atomic E-state index is 1.06. The lowest BCUT2D eigenvalue weighted by molar-refractivity contribution is 0.420. The van der Waals surface area contributed by atoms with Gasteiger partial charge >= 0.3 is 0 Å². The van der Waals surface area contributed by atoms with Gasteiger partial charge in [-0.05, 0) is 19.3 Å². The fraction of sp³-hybridized carbons (Fsp3) is 0.667. The monoisotopic (exact) mass is 131 g/mol. The second-order valence-electron chi connectivity index (χ2n) is 1.52. The third-order valence-electron chi connectivity index (χ3n) is 1.09. The molecule has 0 saturated heterocycles. The Hall–Kier alpha value is -0.110. The van der Waals surface area contributed by atoms with Crippen molar-refractivity contribution in [2.75, 3.05) is 13.1 Å². The van der Waals surface area contributed by atoms with Crippen LogP contribution in [0.15, 0.2) is 11.6 Å². The molecule has 8 heavy (non-hydrogen) atoms. The first-order valence-corrected chi connectivity index (χ1v) is 3.41. The minimum Gasteiger partial charge on any atom is -0.378 e. The lowest BCUT2D eigenvalue weighted by Crippen LogP contribution is -2.14. The summed E-state index contributed by atoms with van der Waals surface area (Å²) in [5, 5.41) is 1.76. The van der Waals surface area contributed by atoms with Gasteiger partial charge in [0.2, 0.25) is 0 Å². The van der Waals surface area contributed by atoms with Crippen LogP contribution in [0.1, 0.15) is 13.8 Å². The summed E-state index contributed by atoms with van der Waals surface area (Å²) in [7, 11) is 0. The highest BCUT2D eigenvalue weighted by Gasteiger charge is 1.85. The van der Waals surface area contributed by atoms with Crippen molar-refractivity contribution in [1.29, 1.82) is 0 Å². The molecule has 0 aliphatic heterocycles. The van der Waals surface area contributed by atoms with Crippen molar-refractivity contribution >= 4 is 12.6 Å². The van der Waals surface area contributed by atoms with Gasteiger partial charge in [0, 0.05) is 19.3 Å². The molecule has 0 saturated carbocycles. The predicted molar refractivity (Wildman–Crippen MR) is 41.0 cm³/mol. The van der Waals surface area contributed by atoms with Gasteiger partial charge in [-0.2, -0.15) is 0 Å². The molecule has 2 heteroatoms. The van der Waals surface area contributed by atoms with E-state index in [4.69, 9.17) is 0 Å². The number of hydrogen-bond donors (Lipinski definition) is 1. The average molecular weight is 131 g/mol. The molecule has 48 valence electrons. The number of hydrogen-bond acceptors (Lipinski definition) is 2. The van der Waals surface area contributed by atoms with Crippen LogP contribution in [0.5, 0.6) is 0 Å². The standard InChI is InChI=1S/C6H13NS/c1-3-7(4-2)5-6-8/h5-6,8H,3-4H2,1-2H3. The third kappa shape index (κ3) is 2.97. The van der Waals surface area contributed by atoms with Crippen LogP contribution in [0, 0.1) is 0 Å². The second-order valence-corrected chi connectivity index (χ2v) is 1.82. The van der Waals surface area contributed by atoms with Crippen LogP contribution in [-0.4, -0.2) is 18.0 Å². The smallest absolute Gasteiger partial charge is 0.0144 e. The van der Waals surface area contributed by atoms with Crippen molar-refractivity contribution in [2.24, 2.45) is 0 Å². The topological polar surface area (TPSA) is 3.24 Å². The SMILES string of the molecule is CCN(C=CS)CC.